The molecule has 0 aliphatic heterocycles. The number of para-hydroxylation sites is 1. The van der Waals surface area contributed by atoms with Gasteiger partial charge >= 0.3 is 12.2 Å². The topological polar surface area (TPSA) is 104 Å². The van der Waals surface area contributed by atoms with Gasteiger partial charge in [-0.1, -0.05) is 18.2 Å². The van der Waals surface area contributed by atoms with Crippen LogP contribution in [0.25, 0.3) is 27.8 Å². The van der Waals surface area contributed by atoms with Crippen LogP contribution in [0.15, 0.2) is 54.6 Å². The van der Waals surface area contributed by atoms with Crippen LogP contribution in [0.5, 0.6) is 0 Å². The zero-order valence-corrected chi connectivity index (χ0v) is 19.8. The molecule has 0 saturated carbocycles. The number of nitrogens with zero attached hydrogens (tertiary/aromatic N) is 2. The highest BCUT2D eigenvalue weighted by molar-refractivity contribution is 5.93. The molecule has 0 aliphatic carbocycles. The molecule has 4 rings (SSSR count). The van der Waals surface area contributed by atoms with Crippen molar-refractivity contribution >= 4 is 45.6 Å². The first kappa shape index (κ1) is 23.0. The van der Waals surface area contributed by atoms with E-state index < -0.39 is 17.8 Å². The lowest BCUT2D eigenvalue weighted by molar-refractivity contribution is -0.538. The average molecular weight is 460 g/mol. The number of aromatic nitrogens is 2. The Kier molecular flexibility index (Phi) is 5.83. The number of carbonyl (C=O) groups is 2. The zero-order valence-electron chi connectivity index (χ0n) is 19.8. The van der Waals surface area contributed by atoms with Crippen LogP contribution in [0.2, 0.25) is 0 Å². The van der Waals surface area contributed by atoms with Crippen LogP contribution in [-0.4, -0.2) is 27.9 Å². The van der Waals surface area contributed by atoms with Gasteiger partial charge in [-0.2, -0.15) is 0 Å². The number of hydrogen-bond acceptors (Lipinski definition) is 4. The van der Waals surface area contributed by atoms with Gasteiger partial charge in [-0.05, 0) is 57.9 Å². The van der Waals surface area contributed by atoms with Crippen molar-refractivity contribution in [1.29, 1.82) is 0 Å². The Bertz CT molecular complexity index is 1430. The second-order valence-corrected chi connectivity index (χ2v) is 9.15. The SMILES string of the molecule is Cc1cc2nc3cc(C)c(NC(=O)OC(C)(C)C)cc3[n+](-c3ccccc3)c2cc1NC(=O)O. The number of anilines is 2. The van der Waals surface area contributed by atoms with E-state index in [0.29, 0.717) is 11.4 Å². The minimum absolute atomic E-state index is 0.477. The number of carbonyl (C=O) groups excluding carboxylic acids is 1. The van der Waals surface area contributed by atoms with E-state index in [1.807, 2.05) is 87.7 Å². The van der Waals surface area contributed by atoms with Crippen molar-refractivity contribution in [3.05, 3.63) is 65.7 Å². The molecule has 174 valence electrons. The number of nitrogens with one attached hydrogen (secondary N) is 2. The summed E-state index contributed by atoms with van der Waals surface area (Å²) in [7, 11) is 0. The molecule has 3 N–H and O–H groups in total. The number of ether oxygens (including phenoxy) is 1. The number of rotatable bonds is 3. The lowest BCUT2D eigenvalue weighted by Gasteiger charge is -2.20. The van der Waals surface area contributed by atoms with E-state index in [2.05, 4.69) is 10.6 Å². The Morgan fingerprint density at radius 1 is 0.882 bits per heavy atom. The smallest absolute Gasteiger partial charge is 0.412 e. The summed E-state index contributed by atoms with van der Waals surface area (Å²) >= 11 is 0. The minimum atomic E-state index is -1.14. The number of amides is 2. The summed E-state index contributed by atoms with van der Waals surface area (Å²) in [6, 6.07) is 17.1. The molecule has 4 aromatic rings. The van der Waals surface area contributed by atoms with Crippen LogP contribution in [0.3, 0.4) is 0 Å². The van der Waals surface area contributed by atoms with Crippen LogP contribution < -0.4 is 15.2 Å². The molecule has 34 heavy (non-hydrogen) atoms. The second-order valence-electron chi connectivity index (χ2n) is 9.15. The number of aryl methyl sites for hydroxylation is 2. The van der Waals surface area contributed by atoms with E-state index in [1.54, 1.807) is 6.07 Å². The molecule has 0 atom stereocenters. The van der Waals surface area contributed by atoms with Crippen molar-refractivity contribution in [2.75, 3.05) is 10.6 Å². The molecule has 0 fully saturated rings. The number of benzene rings is 3. The highest BCUT2D eigenvalue weighted by Crippen LogP contribution is 2.27. The Labute approximate surface area is 197 Å². The second kappa shape index (κ2) is 8.62. The predicted octanol–water partition coefficient (Wildman–Crippen LogP) is 5.72. The minimum Gasteiger partial charge on any atom is -0.465 e. The van der Waals surface area contributed by atoms with Gasteiger partial charge in [-0.25, -0.2) is 14.6 Å². The Morgan fingerprint density at radius 2 is 1.41 bits per heavy atom. The van der Waals surface area contributed by atoms with Crippen LogP contribution in [0, 0.1) is 13.8 Å². The molecule has 0 aliphatic rings. The van der Waals surface area contributed by atoms with E-state index >= 15 is 0 Å². The molecule has 1 heterocycles. The third kappa shape index (κ3) is 4.76. The summed E-state index contributed by atoms with van der Waals surface area (Å²) in [4.78, 5) is 28.6. The fourth-order valence-electron chi connectivity index (χ4n) is 3.81. The molecule has 1 aromatic heterocycles. The van der Waals surface area contributed by atoms with Gasteiger partial charge in [0.25, 0.3) is 0 Å². The molecule has 0 bridgehead atoms. The molecular weight excluding hydrogens is 432 g/mol. The van der Waals surface area contributed by atoms with Crippen molar-refractivity contribution in [2.24, 2.45) is 0 Å². The number of carboxylic acid groups (broad SMARTS) is 1. The van der Waals surface area contributed by atoms with E-state index in [9.17, 15) is 14.7 Å². The fourth-order valence-corrected chi connectivity index (χ4v) is 3.81. The van der Waals surface area contributed by atoms with Crippen molar-refractivity contribution in [1.82, 2.24) is 4.98 Å². The lowest BCUT2D eigenvalue weighted by atomic mass is 10.1. The number of fused-ring (bicyclic) bond motifs is 2. The van der Waals surface area contributed by atoms with E-state index in [0.717, 1.165) is 38.9 Å². The van der Waals surface area contributed by atoms with E-state index in [4.69, 9.17) is 9.72 Å². The summed E-state index contributed by atoms with van der Waals surface area (Å²) in [5.41, 5.74) is 5.86. The van der Waals surface area contributed by atoms with E-state index in [-0.39, 0.29) is 0 Å². The highest BCUT2D eigenvalue weighted by Gasteiger charge is 2.24. The van der Waals surface area contributed by atoms with Crippen molar-refractivity contribution in [3.63, 3.8) is 0 Å². The lowest BCUT2D eigenvalue weighted by Crippen LogP contribution is -2.34. The van der Waals surface area contributed by atoms with E-state index in [1.165, 1.54) is 0 Å². The summed E-state index contributed by atoms with van der Waals surface area (Å²) in [6.07, 6.45) is -1.68. The van der Waals surface area contributed by atoms with Crippen LogP contribution in [-0.2, 0) is 4.74 Å². The van der Waals surface area contributed by atoms with Crippen molar-refractivity contribution in [3.8, 4) is 5.69 Å². The summed E-state index contributed by atoms with van der Waals surface area (Å²) in [6.45, 7) is 9.16. The first-order valence-electron chi connectivity index (χ1n) is 10.9. The third-order valence-corrected chi connectivity index (χ3v) is 5.26. The normalized spacial score (nSPS) is 11.4. The zero-order chi connectivity index (χ0) is 24.6. The molecule has 3 aromatic carbocycles. The Morgan fingerprint density at radius 3 is 1.91 bits per heavy atom. The quantitative estimate of drug-likeness (QED) is 0.269. The van der Waals surface area contributed by atoms with Crippen molar-refractivity contribution in [2.45, 2.75) is 40.2 Å². The van der Waals surface area contributed by atoms with Gasteiger partial charge in [-0.15, -0.1) is 4.57 Å². The molecule has 2 amide bonds. The van der Waals surface area contributed by atoms with Crippen LogP contribution in [0.4, 0.5) is 21.0 Å². The van der Waals surface area contributed by atoms with Gasteiger partial charge in [0.1, 0.15) is 16.6 Å². The maximum absolute atomic E-state index is 12.4. The fraction of sp³-hybridized carbons (Fsp3) is 0.231. The number of hydrogen-bond donors (Lipinski definition) is 3. The molecule has 0 spiro atoms. The van der Waals surface area contributed by atoms with Gasteiger partial charge in [0.05, 0.1) is 11.4 Å². The third-order valence-electron chi connectivity index (χ3n) is 5.26. The molecule has 8 heteroatoms. The molecular formula is C26H27N4O4+. The van der Waals surface area contributed by atoms with Crippen LogP contribution >= 0.6 is 0 Å². The summed E-state index contributed by atoms with van der Waals surface area (Å²) < 4.78 is 7.43. The molecule has 0 unspecified atom stereocenters. The first-order valence-corrected chi connectivity index (χ1v) is 10.9. The predicted molar refractivity (Wildman–Crippen MR) is 132 cm³/mol. The van der Waals surface area contributed by atoms with Crippen LogP contribution in [0.1, 0.15) is 31.9 Å². The summed E-state index contributed by atoms with van der Waals surface area (Å²) in [5, 5.41) is 14.6. The van der Waals surface area contributed by atoms with Gasteiger partial charge in [0, 0.05) is 24.3 Å². The molecule has 8 nitrogen and oxygen atoms in total. The average Bonchev–Trinajstić information content (AvgIpc) is 2.73. The maximum atomic E-state index is 12.4. The standard InChI is InChI=1S/C26H26N4O4/c1-15-11-20-22(13-18(15)28-24(31)32)30(17-9-7-6-8-10-17)23-14-19(16(2)12-21(23)27-20)29-25(33)34-26(3,4)5/h6-14H,1-5H3,(H2,28,29,31,32,33)/p+1. The van der Waals surface area contributed by atoms with Gasteiger partial charge in [0.2, 0.25) is 16.7 Å². The van der Waals surface area contributed by atoms with Gasteiger partial charge in [-0.3, -0.25) is 10.6 Å². The van der Waals surface area contributed by atoms with Crippen molar-refractivity contribution < 1.29 is 24.0 Å². The Hall–Kier alpha value is -4.20. The molecule has 0 radical (unpaired) electrons. The maximum Gasteiger partial charge on any atom is 0.412 e. The first-order chi connectivity index (χ1) is 16.0. The Balaban J connectivity index is 1.99. The van der Waals surface area contributed by atoms with Gasteiger partial charge < -0.3 is 9.84 Å². The monoisotopic (exact) mass is 459 g/mol. The molecule has 0 saturated heterocycles. The van der Waals surface area contributed by atoms with Gasteiger partial charge in [0.15, 0.2) is 0 Å². The summed E-state index contributed by atoms with van der Waals surface area (Å²) in [5.74, 6) is 0. The highest BCUT2D eigenvalue weighted by atomic mass is 16.6. The largest absolute Gasteiger partial charge is 0.465 e.